The van der Waals surface area contributed by atoms with E-state index in [0.29, 0.717) is 34.8 Å². The molecule has 0 spiro atoms. The van der Waals surface area contributed by atoms with E-state index in [9.17, 15) is 40.9 Å². The van der Waals surface area contributed by atoms with Crippen LogP contribution in [0.4, 0.5) is 0 Å². The van der Waals surface area contributed by atoms with E-state index in [0.717, 1.165) is 53.5 Å². The number of aryl methyl sites for hydroxylation is 6. The van der Waals surface area contributed by atoms with E-state index in [1.807, 2.05) is 73.7 Å². The second kappa shape index (κ2) is 38.6. The highest BCUT2D eigenvalue weighted by Crippen LogP contribution is 2.56. The topological polar surface area (TPSA) is 162 Å². The van der Waals surface area contributed by atoms with E-state index in [1.165, 1.54) is 158 Å². The monoisotopic (exact) mass is 1730 g/mol. The predicted molar refractivity (Wildman–Crippen MR) is 535 cm³/mol. The Labute approximate surface area is 773 Å². The molecule has 14 aromatic carbocycles. The molecule has 1 unspecified atom stereocenters. The molecule has 0 saturated heterocycles. The number of phenolic OH excluding ortho intramolecular Hbond substituents is 8. The van der Waals surface area contributed by atoms with E-state index in [2.05, 4.69) is 279 Å². The minimum atomic E-state index is -0.359. The van der Waals surface area contributed by atoms with Gasteiger partial charge in [-0.1, -0.05) is 322 Å². The summed E-state index contributed by atoms with van der Waals surface area (Å²) in [5.74, 6) is 3.84. The SMILES string of the molecule is Cc1ccc(C(C)(C)c2cc(C(C)(C)c3ccc(O)cc3)cc(C(C)(C)c3ccc(O)cc3)c2)cc1.Cc1ccc(C(C)(c2ccc(O)cc2)c2ccc(C(C)(C)c3ccc(O)cc3)cc2)cc1.Cc1ccc(C2(c3ccc(O)c(C)c3)CCCCC2)cc1C.Cc1ccc(C2(c3ccc(O)cc3)CCC(C3CCC(c4ccc(O)cc4)(c4ccc(O)cc4)CC3)CC2)cc1. The average Bonchev–Trinajstić information content (AvgIpc) is 0.762. The van der Waals surface area contributed by atoms with Crippen molar-refractivity contribution in [3.8, 4) is 46.0 Å². The third kappa shape index (κ3) is 19.9. The number of aromatic hydroxyl groups is 8. The van der Waals surface area contributed by atoms with Crippen LogP contribution in [-0.2, 0) is 43.3 Å². The zero-order valence-corrected chi connectivity index (χ0v) is 79.0. The van der Waals surface area contributed by atoms with Gasteiger partial charge in [0.25, 0.3) is 0 Å². The van der Waals surface area contributed by atoms with E-state index in [1.54, 1.807) is 72.8 Å². The van der Waals surface area contributed by atoms with Crippen molar-refractivity contribution in [2.75, 3.05) is 0 Å². The standard InChI is InChI=1S/C37H40O3.C34H38O2.C30H30O2.C21H26O/c1-26-2-4-29(5-3-26)36(30-6-12-33(38)13-7-30)22-18-27(19-23-36)28-20-24-37(25-21-28,31-8-14-34(39)15-9-31)32-10-16-35(40)17-11-32;1-23-8-10-24(11-9-23)32(2,3)27-20-28(33(4,5)25-12-16-30(35)17-13-25)22-29(21-27)34(6,7)26-14-18-31(36)19-15-26;1-21-5-7-24(8-6-21)30(4,26-15-19-28(32)20-16-26)25-11-9-22(10-12-25)29(2,3)23-13-17-27(31)18-14-23;1-15-7-8-18(13-16(15)2)21(11-5-4-6-12-21)19-9-10-20(22)17(3)14-19/h2-17,27-28,38-40H,18-25H2,1H3;8-22,35-36H,1-7H3;5-20,31-32H,1-4H3;7-10,13-14,22H,4-6,11-12H2,1-3H3. The predicted octanol–water partition coefficient (Wildman–Crippen LogP) is 29.8. The van der Waals surface area contributed by atoms with E-state index in [-0.39, 0.29) is 66.3 Å². The lowest BCUT2D eigenvalue weighted by Gasteiger charge is -2.47. The van der Waals surface area contributed by atoms with Gasteiger partial charge in [-0.3, -0.25) is 0 Å². The summed E-state index contributed by atoms with van der Waals surface area (Å²) < 4.78 is 0. The van der Waals surface area contributed by atoms with Gasteiger partial charge < -0.3 is 40.9 Å². The van der Waals surface area contributed by atoms with E-state index < -0.39 is 0 Å². The van der Waals surface area contributed by atoms with Gasteiger partial charge in [-0.2, -0.15) is 0 Å². The molecular formula is C122H134O8. The summed E-state index contributed by atoms with van der Waals surface area (Å²) in [4.78, 5) is 0. The Balaban J connectivity index is 0.000000142. The number of benzene rings is 14. The van der Waals surface area contributed by atoms with Crippen LogP contribution < -0.4 is 0 Å². The van der Waals surface area contributed by atoms with Crippen LogP contribution in [0.3, 0.4) is 0 Å². The molecule has 0 bridgehead atoms. The van der Waals surface area contributed by atoms with Crippen molar-refractivity contribution in [3.63, 3.8) is 0 Å². The Bertz CT molecular complexity index is 5610. The molecule has 3 saturated carbocycles. The molecule has 8 N–H and O–H groups in total. The molecule has 14 aromatic rings. The molecule has 3 fully saturated rings. The number of rotatable bonds is 18. The van der Waals surface area contributed by atoms with Crippen molar-refractivity contribution in [2.24, 2.45) is 11.8 Å². The normalized spacial score (nSPS) is 16.8. The fraction of sp³-hybridized carbons (Fsp3) is 0.311. The Morgan fingerprint density at radius 2 is 0.415 bits per heavy atom. The highest BCUT2D eigenvalue weighted by atomic mass is 16.3. The van der Waals surface area contributed by atoms with Crippen molar-refractivity contribution < 1.29 is 40.9 Å². The fourth-order valence-electron chi connectivity index (χ4n) is 21.2. The molecule has 0 aromatic heterocycles. The molecular weight excluding hydrogens is 1590 g/mol. The van der Waals surface area contributed by atoms with Crippen LogP contribution in [0, 0.1) is 53.4 Å². The highest BCUT2D eigenvalue weighted by molar-refractivity contribution is 5.57. The van der Waals surface area contributed by atoms with Crippen molar-refractivity contribution in [3.05, 3.63) is 449 Å². The van der Waals surface area contributed by atoms with Crippen LogP contribution in [-0.4, -0.2) is 40.9 Å². The van der Waals surface area contributed by atoms with Crippen molar-refractivity contribution in [1.29, 1.82) is 0 Å². The average molecular weight is 1730 g/mol. The summed E-state index contributed by atoms with van der Waals surface area (Å²) in [7, 11) is 0. The largest absolute Gasteiger partial charge is 0.508 e. The highest BCUT2D eigenvalue weighted by Gasteiger charge is 2.46. The lowest BCUT2D eigenvalue weighted by atomic mass is 9.57. The first-order valence-electron chi connectivity index (χ1n) is 46.9. The fourth-order valence-corrected chi connectivity index (χ4v) is 21.2. The minimum absolute atomic E-state index is 0.00555. The molecule has 670 valence electrons. The van der Waals surface area contributed by atoms with E-state index >= 15 is 0 Å². The van der Waals surface area contributed by atoms with Crippen LogP contribution in [0.2, 0.25) is 0 Å². The quantitative estimate of drug-likeness (QED) is 0.0394. The van der Waals surface area contributed by atoms with Gasteiger partial charge >= 0.3 is 0 Å². The summed E-state index contributed by atoms with van der Waals surface area (Å²) in [5, 5.41) is 79.0. The Hall–Kier alpha value is -12.5. The minimum Gasteiger partial charge on any atom is -0.508 e. The summed E-state index contributed by atoms with van der Waals surface area (Å²) in [5.41, 5.74) is 27.4. The van der Waals surface area contributed by atoms with Crippen LogP contribution in [0.25, 0.3) is 0 Å². The summed E-state index contributed by atoms with van der Waals surface area (Å²) in [6, 6.07) is 109. The molecule has 130 heavy (non-hydrogen) atoms. The number of hydrogen-bond acceptors (Lipinski definition) is 8. The van der Waals surface area contributed by atoms with Crippen molar-refractivity contribution in [2.45, 2.75) is 231 Å². The Kier molecular flexibility index (Phi) is 27.8. The lowest BCUT2D eigenvalue weighted by molar-refractivity contribution is 0.140. The third-order valence-electron chi connectivity index (χ3n) is 30.7. The molecule has 17 rings (SSSR count). The summed E-state index contributed by atoms with van der Waals surface area (Å²) in [6.45, 7) is 33.0. The molecule has 8 nitrogen and oxygen atoms in total. The molecule has 1 atom stereocenters. The van der Waals surface area contributed by atoms with Gasteiger partial charge in [-0.15, -0.1) is 0 Å². The molecule has 3 aliphatic rings. The summed E-state index contributed by atoms with van der Waals surface area (Å²) >= 11 is 0. The number of phenols is 8. The molecule has 0 aliphatic heterocycles. The maximum absolute atomic E-state index is 9.97. The zero-order chi connectivity index (χ0) is 92.7. The maximum atomic E-state index is 9.97. The van der Waals surface area contributed by atoms with Crippen LogP contribution in [0.5, 0.6) is 46.0 Å². The summed E-state index contributed by atoms with van der Waals surface area (Å²) in [6.07, 6.45) is 15.5. The van der Waals surface area contributed by atoms with Crippen LogP contribution >= 0.6 is 0 Å². The smallest absolute Gasteiger partial charge is 0.118 e. The molecule has 0 radical (unpaired) electrons. The van der Waals surface area contributed by atoms with Crippen molar-refractivity contribution in [1.82, 2.24) is 0 Å². The Morgan fingerprint density at radius 3 is 0.715 bits per heavy atom. The maximum Gasteiger partial charge on any atom is 0.118 e. The van der Waals surface area contributed by atoms with Crippen LogP contribution in [0.15, 0.2) is 322 Å². The second-order valence-corrected chi connectivity index (χ2v) is 40.2. The van der Waals surface area contributed by atoms with Gasteiger partial charge in [0.15, 0.2) is 0 Å². The first-order valence-corrected chi connectivity index (χ1v) is 46.9. The zero-order valence-electron chi connectivity index (χ0n) is 79.0. The lowest BCUT2D eigenvalue weighted by Crippen LogP contribution is -2.38. The first kappa shape index (κ1) is 93.6. The van der Waals surface area contributed by atoms with Gasteiger partial charge in [0.1, 0.15) is 46.0 Å². The molecule has 0 amide bonds. The van der Waals surface area contributed by atoms with Gasteiger partial charge in [0.2, 0.25) is 0 Å². The first-order chi connectivity index (χ1) is 61.9. The Morgan fingerprint density at radius 1 is 0.200 bits per heavy atom. The van der Waals surface area contributed by atoms with Gasteiger partial charge in [-0.05, 0) is 327 Å². The third-order valence-corrected chi connectivity index (χ3v) is 30.7. The van der Waals surface area contributed by atoms with Crippen molar-refractivity contribution >= 4 is 0 Å². The number of hydrogen-bond donors (Lipinski definition) is 8. The molecule has 3 aliphatic carbocycles. The molecule has 8 heteroatoms. The van der Waals surface area contributed by atoms with Gasteiger partial charge in [-0.25, -0.2) is 0 Å². The van der Waals surface area contributed by atoms with Gasteiger partial charge in [0.05, 0.1) is 0 Å². The molecule has 0 heterocycles. The van der Waals surface area contributed by atoms with Crippen LogP contribution in [0.1, 0.15) is 274 Å². The van der Waals surface area contributed by atoms with E-state index in [4.69, 9.17) is 0 Å². The second-order valence-electron chi connectivity index (χ2n) is 40.2. The van der Waals surface area contributed by atoms with Gasteiger partial charge in [0, 0.05) is 43.3 Å².